The SMILES string of the molecule is CCOc1c(/C(C)=C/C(=O)NCc2ccc3c(c2)OCO3)cc2c(-c3ccccc3OC)coc2c1C. The Labute approximate surface area is 215 Å². The second-order valence-electron chi connectivity index (χ2n) is 8.77. The van der Waals surface area contributed by atoms with Gasteiger partial charge in [-0.15, -0.1) is 0 Å². The van der Waals surface area contributed by atoms with Crippen molar-refractivity contribution in [3.8, 4) is 34.1 Å². The summed E-state index contributed by atoms with van der Waals surface area (Å²) < 4.78 is 28.4. The Morgan fingerprint density at radius 2 is 1.89 bits per heavy atom. The van der Waals surface area contributed by atoms with E-state index in [0.29, 0.717) is 30.4 Å². The number of aryl methyl sites for hydroxylation is 1. The highest BCUT2D eigenvalue weighted by Gasteiger charge is 2.20. The number of amides is 1. The van der Waals surface area contributed by atoms with E-state index in [1.165, 1.54) is 0 Å². The summed E-state index contributed by atoms with van der Waals surface area (Å²) in [5.74, 6) is 2.66. The topological polar surface area (TPSA) is 79.2 Å². The number of para-hydroxylation sites is 1. The highest BCUT2D eigenvalue weighted by molar-refractivity contribution is 6.02. The molecule has 7 heteroatoms. The Kier molecular flexibility index (Phi) is 6.77. The van der Waals surface area contributed by atoms with Crippen LogP contribution < -0.4 is 24.3 Å². The highest BCUT2D eigenvalue weighted by Crippen LogP contribution is 2.42. The van der Waals surface area contributed by atoms with Crippen LogP contribution in [0.25, 0.3) is 27.7 Å². The molecule has 1 aromatic heterocycles. The first kappa shape index (κ1) is 24.3. The maximum atomic E-state index is 12.9. The lowest BCUT2D eigenvalue weighted by atomic mass is 9.96. The maximum Gasteiger partial charge on any atom is 0.244 e. The van der Waals surface area contributed by atoms with E-state index in [0.717, 1.165) is 50.1 Å². The molecular weight excluding hydrogens is 470 g/mol. The van der Waals surface area contributed by atoms with Gasteiger partial charge in [0, 0.05) is 40.3 Å². The molecule has 0 spiro atoms. The lowest BCUT2D eigenvalue weighted by molar-refractivity contribution is -0.116. The van der Waals surface area contributed by atoms with Gasteiger partial charge in [0.15, 0.2) is 11.5 Å². The Morgan fingerprint density at radius 1 is 1.08 bits per heavy atom. The zero-order valence-electron chi connectivity index (χ0n) is 21.3. The van der Waals surface area contributed by atoms with Gasteiger partial charge in [-0.3, -0.25) is 4.79 Å². The van der Waals surface area contributed by atoms with Crippen molar-refractivity contribution in [2.45, 2.75) is 27.3 Å². The van der Waals surface area contributed by atoms with Gasteiger partial charge in [-0.2, -0.15) is 0 Å². The fourth-order valence-electron chi connectivity index (χ4n) is 4.58. The van der Waals surface area contributed by atoms with Crippen LogP contribution in [-0.2, 0) is 11.3 Å². The van der Waals surface area contributed by atoms with Crippen molar-refractivity contribution in [3.63, 3.8) is 0 Å². The molecule has 0 saturated carbocycles. The number of benzene rings is 3. The van der Waals surface area contributed by atoms with E-state index in [2.05, 4.69) is 5.32 Å². The van der Waals surface area contributed by atoms with Gasteiger partial charge in [0.05, 0.1) is 20.0 Å². The molecule has 190 valence electrons. The Morgan fingerprint density at radius 3 is 2.70 bits per heavy atom. The molecule has 1 N–H and O–H groups in total. The number of nitrogens with one attached hydrogen (secondary N) is 1. The Hall–Kier alpha value is -4.39. The first-order valence-electron chi connectivity index (χ1n) is 12.2. The lowest BCUT2D eigenvalue weighted by Gasteiger charge is -2.15. The normalized spacial score (nSPS) is 12.6. The van der Waals surface area contributed by atoms with Gasteiger partial charge < -0.3 is 28.7 Å². The van der Waals surface area contributed by atoms with Gasteiger partial charge in [-0.1, -0.05) is 24.3 Å². The van der Waals surface area contributed by atoms with Crippen molar-refractivity contribution in [1.29, 1.82) is 0 Å². The summed E-state index contributed by atoms with van der Waals surface area (Å²) >= 11 is 0. The summed E-state index contributed by atoms with van der Waals surface area (Å²) in [5, 5.41) is 3.88. The monoisotopic (exact) mass is 499 g/mol. The summed E-state index contributed by atoms with van der Waals surface area (Å²) in [4.78, 5) is 12.9. The van der Waals surface area contributed by atoms with Crippen molar-refractivity contribution in [1.82, 2.24) is 5.32 Å². The summed E-state index contributed by atoms with van der Waals surface area (Å²) in [6, 6.07) is 15.5. The molecule has 0 aliphatic carbocycles. The molecule has 0 radical (unpaired) electrons. The van der Waals surface area contributed by atoms with E-state index in [1.54, 1.807) is 19.4 Å². The smallest absolute Gasteiger partial charge is 0.244 e. The first-order valence-corrected chi connectivity index (χ1v) is 12.2. The zero-order valence-corrected chi connectivity index (χ0v) is 21.3. The second-order valence-corrected chi connectivity index (χ2v) is 8.77. The molecule has 1 aliphatic rings. The molecule has 7 nitrogen and oxygen atoms in total. The molecule has 0 saturated heterocycles. The van der Waals surface area contributed by atoms with Gasteiger partial charge in [-0.25, -0.2) is 0 Å². The molecule has 2 heterocycles. The summed E-state index contributed by atoms with van der Waals surface area (Å²) in [6.07, 6.45) is 3.34. The minimum absolute atomic E-state index is 0.201. The van der Waals surface area contributed by atoms with Gasteiger partial charge >= 0.3 is 0 Å². The van der Waals surface area contributed by atoms with E-state index in [-0.39, 0.29) is 12.7 Å². The number of ether oxygens (including phenoxy) is 4. The standard InChI is InChI=1S/C30H29NO6/c1-5-34-29-19(3)30-23(24(16-35-30)21-8-6-7-9-25(21)33-4)14-22(29)18(2)12-28(32)31-15-20-10-11-26-27(13-20)37-17-36-26/h6-14,16H,5,15,17H2,1-4H3,(H,31,32)/b18-12+. The third-order valence-corrected chi connectivity index (χ3v) is 6.41. The molecular formula is C30H29NO6. The molecule has 37 heavy (non-hydrogen) atoms. The molecule has 3 aromatic carbocycles. The zero-order chi connectivity index (χ0) is 25.9. The first-order chi connectivity index (χ1) is 18.0. The number of rotatable bonds is 8. The predicted molar refractivity (Wildman–Crippen MR) is 142 cm³/mol. The van der Waals surface area contributed by atoms with Crippen LogP contribution in [0.1, 0.15) is 30.5 Å². The van der Waals surface area contributed by atoms with Crippen molar-refractivity contribution >= 4 is 22.4 Å². The Bertz CT molecular complexity index is 1500. The van der Waals surface area contributed by atoms with Gasteiger partial charge in [0.1, 0.15) is 17.1 Å². The van der Waals surface area contributed by atoms with Gasteiger partial charge in [0.2, 0.25) is 12.7 Å². The number of furan rings is 1. The van der Waals surface area contributed by atoms with Gasteiger partial charge in [-0.05, 0) is 56.2 Å². The number of methoxy groups -OCH3 is 1. The number of hydrogen-bond donors (Lipinski definition) is 1. The summed E-state index contributed by atoms with van der Waals surface area (Å²) in [5.41, 5.74) is 6.01. The highest BCUT2D eigenvalue weighted by atomic mass is 16.7. The summed E-state index contributed by atoms with van der Waals surface area (Å²) in [7, 11) is 1.65. The van der Waals surface area contributed by atoms with Crippen molar-refractivity contribution < 1.29 is 28.2 Å². The van der Waals surface area contributed by atoms with E-state index in [1.807, 2.05) is 69.3 Å². The van der Waals surface area contributed by atoms with E-state index in [4.69, 9.17) is 23.4 Å². The van der Waals surface area contributed by atoms with Crippen LogP contribution in [0.3, 0.4) is 0 Å². The minimum atomic E-state index is -0.201. The molecule has 1 aliphatic heterocycles. The average Bonchev–Trinajstić information content (AvgIpc) is 3.55. The third-order valence-electron chi connectivity index (χ3n) is 6.41. The quantitative estimate of drug-likeness (QED) is 0.288. The molecule has 0 fully saturated rings. The Balaban J connectivity index is 1.47. The molecule has 0 unspecified atom stereocenters. The fraction of sp³-hybridized carbons (Fsp3) is 0.233. The van der Waals surface area contributed by atoms with Crippen LogP contribution in [0.5, 0.6) is 23.0 Å². The number of allylic oxidation sites excluding steroid dienone is 1. The van der Waals surface area contributed by atoms with E-state index >= 15 is 0 Å². The van der Waals surface area contributed by atoms with Crippen molar-refractivity contribution in [2.75, 3.05) is 20.5 Å². The van der Waals surface area contributed by atoms with Crippen LogP contribution in [-0.4, -0.2) is 26.4 Å². The number of carbonyl (C=O) groups is 1. The second kappa shape index (κ2) is 10.3. The molecule has 1 amide bonds. The summed E-state index contributed by atoms with van der Waals surface area (Å²) in [6.45, 7) is 6.89. The fourth-order valence-corrected chi connectivity index (χ4v) is 4.58. The number of hydrogen-bond acceptors (Lipinski definition) is 6. The number of fused-ring (bicyclic) bond motifs is 2. The van der Waals surface area contributed by atoms with Gasteiger partial charge in [0.25, 0.3) is 0 Å². The largest absolute Gasteiger partial charge is 0.496 e. The van der Waals surface area contributed by atoms with Crippen LogP contribution >= 0.6 is 0 Å². The van der Waals surface area contributed by atoms with E-state index in [9.17, 15) is 4.79 Å². The molecule has 5 rings (SSSR count). The maximum absolute atomic E-state index is 12.9. The van der Waals surface area contributed by atoms with Crippen LogP contribution in [0.15, 0.2) is 65.3 Å². The van der Waals surface area contributed by atoms with Crippen molar-refractivity contribution in [3.05, 3.63) is 77.6 Å². The number of carbonyl (C=O) groups excluding carboxylic acids is 1. The molecule has 4 aromatic rings. The van der Waals surface area contributed by atoms with E-state index < -0.39 is 0 Å². The lowest BCUT2D eigenvalue weighted by Crippen LogP contribution is -2.20. The minimum Gasteiger partial charge on any atom is -0.496 e. The van der Waals surface area contributed by atoms with Crippen LogP contribution in [0, 0.1) is 6.92 Å². The van der Waals surface area contributed by atoms with Crippen LogP contribution in [0.2, 0.25) is 0 Å². The van der Waals surface area contributed by atoms with Crippen LogP contribution in [0.4, 0.5) is 0 Å². The van der Waals surface area contributed by atoms with Crippen molar-refractivity contribution in [2.24, 2.45) is 0 Å². The average molecular weight is 500 g/mol. The molecule has 0 atom stereocenters. The molecule has 0 bridgehead atoms. The predicted octanol–water partition coefficient (Wildman–Crippen LogP) is 6.26. The third kappa shape index (κ3) is 4.72.